The van der Waals surface area contributed by atoms with E-state index < -0.39 is 0 Å². The van der Waals surface area contributed by atoms with Gasteiger partial charge in [-0.1, -0.05) is 0 Å². The minimum Gasteiger partial charge on any atom is -0.456 e. The van der Waals surface area contributed by atoms with E-state index in [1.807, 2.05) is 36.5 Å². The van der Waals surface area contributed by atoms with Gasteiger partial charge in [0.2, 0.25) is 0 Å². The van der Waals surface area contributed by atoms with Crippen molar-refractivity contribution in [2.75, 3.05) is 50.8 Å². The first-order valence-electron chi connectivity index (χ1n) is 10.8. The Kier molecular flexibility index (Phi) is 5.55. The third-order valence-electron chi connectivity index (χ3n) is 6.40. The second-order valence-corrected chi connectivity index (χ2v) is 8.32. The van der Waals surface area contributed by atoms with E-state index >= 15 is 0 Å². The lowest BCUT2D eigenvalue weighted by molar-refractivity contribution is 0.0620. The molecule has 158 valence electrons. The molecule has 4 fully saturated rings. The predicted octanol–water partition coefficient (Wildman–Crippen LogP) is 2.53. The fraction of sp³-hybridized carbons (Fsp3) is 0.478. The van der Waals surface area contributed by atoms with Crippen LogP contribution in [0, 0.1) is 5.92 Å². The van der Waals surface area contributed by atoms with Crippen LogP contribution in [0.25, 0.3) is 0 Å². The average molecular weight is 409 g/mol. The molecule has 5 heterocycles. The number of piperidine rings is 3. The molecule has 6 rings (SSSR count). The van der Waals surface area contributed by atoms with E-state index in [1.54, 1.807) is 6.20 Å². The number of carbonyl (C=O) groups excluding carboxylic acids is 1. The Balaban J connectivity index is 1.20. The van der Waals surface area contributed by atoms with Crippen LogP contribution in [-0.2, 0) is 4.74 Å². The molecule has 0 aliphatic carbocycles. The Hall–Kier alpha value is -2.64. The van der Waals surface area contributed by atoms with Crippen molar-refractivity contribution in [3.05, 3.63) is 48.3 Å². The van der Waals surface area contributed by atoms with Gasteiger partial charge in [-0.15, -0.1) is 0 Å². The first-order chi connectivity index (χ1) is 14.7. The number of ether oxygens (including phenoxy) is 2. The third-order valence-corrected chi connectivity index (χ3v) is 6.40. The smallest absolute Gasteiger partial charge is 0.251 e. The van der Waals surface area contributed by atoms with Gasteiger partial charge in [-0.05, 0) is 56.1 Å². The van der Waals surface area contributed by atoms with E-state index in [9.17, 15) is 4.79 Å². The fourth-order valence-electron chi connectivity index (χ4n) is 4.65. The van der Waals surface area contributed by atoms with Gasteiger partial charge in [0.05, 0.1) is 31.3 Å². The number of morpholine rings is 1. The van der Waals surface area contributed by atoms with Gasteiger partial charge in [-0.2, -0.15) is 0 Å². The summed E-state index contributed by atoms with van der Waals surface area (Å²) >= 11 is 0. The molecular weight excluding hydrogens is 380 g/mol. The molecule has 1 atom stereocenters. The van der Waals surface area contributed by atoms with E-state index in [2.05, 4.69) is 20.1 Å². The maximum absolute atomic E-state index is 12.7. The zero-order chi connectivity index (χ0) is 20.3. The van der Waals surface area contributed by atoms with Gasteiger partial charge in [0.1, 0.15) is 11.5 Å². The predicted molar refractivity (Wildman–Crippen MR) is 114 cm³/mol. The Labute approximate surface area is 177 Å². The standard InChI is InChI=1S/C23H28N4O3/c28-23(25-22-16-26-7-5-17(22)6-8-26)18-1-3-20(4-2-18)30-21-13-19(14-24-15-21)27-9-11-29-12-10-27/h1-4,13-15,17,22H,5-12,16H2,(H,25,28)/t22-/m0/s1. The third kappa shape index (κ3) is 4.27. The molecule has 0 radical (unpaired) electrons. The highest BCUT2D eigenvalue weighted by molar-refractivity contribution is 5.94. The van der Waals surface area contributed by atoms with Crippen LogP contribution in [0.15, 0.2) is 42.7 Å². The van der Waals surface area contributed by atoms with Crippen molar-refractivity contribution < 1.29 is 14.3 Å². The highest BCUT2D eigenvalue weighted by Crippen LogP contribution is 2.28. The maximum Gasteiger partial charge on any atom is 0.251 e. The van der Waals surface area contributed by atoms with E-state index in [-0.39, 0.29) is 11.9 Å². The second-order valence-electron chi connectivity index (χ2n) is 8.32. The number of pyridine rings is 1. The number of hydrogen-bond acceptors (Lipinski definition) is 6. The summed E-state index contributed by atoms with van der Waals surface area (Å²) in [6, 6.07) is 9.59. The van der Waals surface area contributed by atoms with Crippen molar-refractivity contribution in [2.45, 2.75) is 18.9 Å². The molecule has 0 unspecified atom stereocenters. The molecule has 4 aliphatic heterocycles. The highest BCUT2D eigenvalue weighted by Gasteiger charge is 2.34. The van der Waals surface area contributed by atoms with Crippen molar-refractivity contribution >= 4 is 11.6 Å². The molecule has 7 nitrogen and oxygen atoms in total. The van der Waals surface area contributed by atoms with Gasteiger partial charge in [-0.25, -0.2) is 0 Å². The Morgan fingerprint density at radius 3 is 2.50 bits per heavy atom. The van der Waals surface area contributed by atoms with Gasteiger partial charge >= 0.3 is 0 Å². The van der Waals surface area contributed by atoms with Crippen molar-refractivity contribution in [1.29, 1.82) is 0 Å². The summed E-state index contributed by atoms with van der Waals surface area (Å²) in [5.41, 5.74) is 1.70. The Morgan fingerprint density at radius 1 is 1.03 bits per heavy atom. The zero-order valence-corrected chi connectivity index (χ0v) is 17.1. The number of hydrogen-bond donors (Lipinski definition) is 1. The van der Waals surface area contributed by atoms with Gasteiger partial charge in [0.25, 0.3) is 5.91 Å². The topological polar surface area (TPSA) is 66.9 Å². The summed E-state index contributed by atoms with van der Waals surface area (Å²) in [7, 11) is 0. The van der Waals surface area contributed by atoms with E-state index in [0.717, 1.165) is 38.5 Å². The van der Waals surface area contributed by atoms with Crippen molar-refractivity contribution in [3.63, 3.8) is 0 Å². The van der Waals surface area contributed by atoms with Crippen molar-refractivity contribution in [1.82, 2.24) is 15.2 Å². The molecular formula is C23H28N4O3. The number of carbonyl (C=O) groups is 1. The largest absolute Gasteiger partial charge is 0.456 e. The van der Waals surface area contributed by atoms with Crippen LogP contribution in [0.1, 0.15) is 23.2 Å². The number of aromatic nitrogens is 1. The summed E-state index contributed by atoms with van der Waals surface area (Å²) in [5, 5.41) is 3.23. The van der Waals surface area contributed by atoms with Gasteiger partial charge in [0.15, 0.2) is 0 Å². The fourth-order valence-corrected chi connectivity index (χ4v) is 4.65. The lowest BCUT2D eigenvalue weighted by Crippen LogP contribution is -2.57. The average Bonchev–Trinajstić information content (AvgIpc) is 2.81. The number of benzene rings is 1. The van der Waals surface area contributed by atoms with Crippen LogP contribution < -0.4 is 15.0 Å². The zero-order valence-electron chi connectivity index (χ0n) is 17.1. The second kappa shape index (κ2) is 8.62. The molecule has 0 spiro atoms. The molecule has 4 saturated heterocycles. The minimum atomic E-state index is -0.00344. The van der Waals surface area contributed by atoms with Crippen LogP contribution in [0.5, 0.6) is 11.5 Å². The van der Waals surface area contributed by atoms with E-state index in [1.165, 1.54) is 25.9 Å². The molecule has 0 saturated carbocycles. The molecule has 30 heavy (non-hydrogen) atoms. The van der Waals surface area contributed by atoms with Crippen LogP contribution in [0.2, 0.25) is 0 Å². The Morgan fingerprint density at radius 2 is 1.80 bits per heavy atom. The SMILES string of the molecule is O=C(N[C@H]1CN2CCC1CC2)c1ccc(Oc2cncc(N3CCOCC3)c2)cc1. The first-order valence-corrected chi connectivity index (χ1v) is 10.8. The minimum absolute atomic E-state index is 0.00344. The monoisotopic (exact) mass is 408 g/mol. The van der Waals surface area contributed by atoms with Crippen molar-refractivity contribution in [3.8, 4) is 11.5 Å². The van der Waals surface area contributed by atoms with E-state index in [4.69, 9.17) is 9.47 Å². The summed E-state index contributed by atoms with van der Waals surface area (Å²) in [6.45, 7) is 6.49. The lowest BCUT2D eigenvalue weighted by atomic mass is 9.84. The number of nitrogens with zero attached hydrogens (tertiary/aromatic N) is 3. The molecule has 1 N–H and O–H groups in total. The van der Waals surface area contributed by atoms with Crippen LogP contribution >= 0.6 is 0 Å². The molecule has 2 aromatic rings. The number of fused-ring (bicyclic) bond motifs is 3. The summed E-state index contributed by atoms with van der Waals surface area (Å²) < 4.78 is 11.4. The molecule has 7 heteroatoms. The number of anilines is 1. The summed E-state index contributed by atoms with van der Waals surface area (Å²) in [6.07, 6.45) is 5.93. The molecule has 1 aromatic carbocycles. The maximum atomic E-state index is 12.7. The van der Waals surface area contributed by atoms with Crippen LogP contribution in [-0.4, -0.2) is 67.8 Å². The van der Waals surface area contributed by atoms with Crippen LogP contribution in [0.3, 0.4) is 0 Å². The Bertz CT molecular complexity index is 874. The first kappa shape index (κ1) is 19.3. The number of nitrogens with one attached hydrogen (secondary N) is 1. The molecule has 4 aliphatic rings. The van der Waals surface area contributed by atoms with Gasteiger partial charge < -0.3 is 24.6 Å². The molecule has 1 aromatic heterocycles. The van der Waals surface area contributed by atoms with Gasteiger partial charge in [-0.3, -0.25) is 9.78 Å². The normalized spacial score (nSPS) is 25.7. The lowest BCUT2D eigenvalue weighted by Gasteiger charge is -2.44. The summed E-state index contributed by atoms with van der Waals surface area (Å²) in [5.74, 6) is 1.99. The number of amides is 1. The van der Waals surface area contributed by atoms with Gasteiger partial charge in [0, 0.05) is 37.3 Å². The van der Waals surface area contributed by atoms with Crippen molar-refractivity contribution in [2.24, 2.45) is 5.92 Å². The molecule has 2 bridgehead atoms. The van der Waals surface area contributed by atoms with Crippen LogP contribution in [0.4, 0.5) is 5.69 Å². The highest BCUT2D eigenvalue weighted by atomic mass is 16.5. The van der Waals surface area contributed by atoms with E-state index in [0.29, 0.717) is 23.0 Å². The molecule has 1 amide bonds. The number of rotatable bonds is 5. The quantitative estimate of drug-likeness (QED) is 0.820. The summed E-state index contributed by atoms with van der Waals surface area (Å²) in [4.78, 5) is 21.7.